The van der Waals surface area contributed by atoms with E-state index in [9.17, 15) is 18.0 Å². The Morgan fingerprint density at radius 1 is 1.27 bits per heavy atom. The molecular weight excluding hydrogens is 314 g/mol. The molecule has 0 aliphatic heterocycles. The van der Waals surface area contributed by atoms with Gasteiger partial charge in [-0.2, -0.15) is 8.42 Å². The maximum absolute atomic E-state index is 11.4. The topological polar surface area (TPSA) is 133 Å². The number of carbonyl (C=O) groups is 2. The molecule has 122 valence electrons. The van der Waals surface area contributed by atoms with Crippen LogP contribution in [0, 0.1) is 0 Å². The number of hydrogen-bond donors (Lipinski definition) is 2. The average Bonchev–Trinajstić information content (AvgIpc) is 2.42. The third kappa shape index (κ3) is 6.66. The van der Waals surface area contributed by atoms with E-state index in [2.05, 4.69) is 0 Å². The molecular formula is C13H17NO7S. The molecule has 9 heteroatoms. The first-order chi connectivity index (χ1) is 10.2. The molecule has 1 atom stereocenters. The van der Waals surface area contributed by atoms with Crippen LogP contribution < -0.4 is 10.5 Å². The number of ether oxygens (including phenoxy) is 2. The normalized spacial score (nSPS) is 12.5. The fraction of sp³-hybridized carbons (Fsp3) is 0.385. The molecule has 0 radical (unpaired) electrons. The summed E-state index contributed by atoms with van der Waals surface area (Å²) in [6.45, 7) is 1.27. The van der Waals surface area contributed by atoms with Crippen LogP contribution in [0.3, 0.4) is 0 Å². The van der Waals surface area contributed by atoms with E-state index in [1.165, 1.54) is 6.92 Å². The Hall–Kier alpha value is -1.97. The molecule has 0 fully saturated rings. The fourth-order valence-electron chi connectivity index (χ4n) is 1.46. The summed E-state index contributed by atoms with van der Waals surface area (Å²) in [5.74, 6) is -0.695. The molecule has 0 amide bonds. The van der Waals surface area contributed by atoms with Gasteiger partial charge < -0.3 is 15.2 Å². The Balaban J connectivity index is 2.39. The van der Waals surface area contributed by atoms with Crippen molar-refractivity contribution in [1.29, 1.82) is 0 Å². The molecule has 0 aliphatic carbocycles. The third-order valence-corrected chi connectivity index (χ3v) is 3.60. The summed E-state index contributed by atoms with van der Waals surface area (Å²) >= 11 is 0. The largest absolute Gasteiger partial charge is 0.461 e. The smallest absolute Gasteiger partial charge is 0.308 e. The zero-order chi connectivity index (χ0) is 16.8. The lowest BCUT2D eigenvalue weighted by molar-refractivity contribution is -0.145. The SMILES string of the molecule is CC(=O)Oc1ccc(COC(=O)CCC(N)S(=O)(=O)O)cc1. The zero-order valence-corrected chi connectivity index (χ0v) is 12.7. The summed E-state index contributed by atoms with van der Waals surface area (Å²) in [6, 6.07) is 6.35. The van der Waals surface area contributed by atoms with Gasteiger partial charge in [-0.1, -0.05) is 12.1 Å². The van der Waals surface area contributed by atoms with Crippen molar-refractivity contribution in [3.8, 4) is 5.75 Å². The van der Waals surface area contributed by atoms with Crippen molar-refractivity contribution in [2.45, 2.75) is 31.7 Å². The molecule has 1 aromatic carbocycles. The first kappa shape index (κ1) is 18.1. The van der Waals surface area contributed by atoms with Gasteiger partial charge in [-0.05, 0) is 24.1 Å². The number of nitrogens with two attached hydrogens (primary N) is 1. The summed E-state index contributed by atoms with van der Waals surface area (Å²) < 4.78 is 39.8. The predicted octanol–water partition coefficient (Wildman–Crippen LogP) is 0.608. The average molecular weight is 331 g/mol. The van der Waals surface area contributed by atoms with Gasteiger partial charge in [-0.25, -0.2) is 0 Å². The lowest BCUT2D eigenvalue weighted by Crippen LogP contribution is -2.30. The monoisotopic (exact) mass is 331 g/mol. The Morgan fingerprint density at radius 3 is 2.36 bits per heavy atom. The summed E-state index contributed by atoms with van der Waals surface area (Å²) in [6.07, 6.45) is -0.463. The highest BCUT2D eigenvalue weighted by Crippen LogP contribution is 2.13. The molecule has 1 aromatic rings. The summed E-state index contributed by atoms with van der Waals surface area (Å²) in [5.41, 5.74) is 5.85. The Morgan fingerprint density at radius 2 is 1.86 bits per heavy atom. The van der Waals surface area contributed by atoms with Gasteiger partial charge in [0.05, 0.1) is 0 Å². The molecule has 0 saturated carbocycles. The second kappa shape index (κ2) is 7.87. The first-order valence-corrected chi connectivity index (χ1v) is 7.83. The fourth-order valence-corrected chi connectivity index (χ4v) is 1.88. The molecule has 0 spiro atoms. The molecule has 1 rings (SSSR count). The van der Waals surface area contributed by atoms with Crippen LogP contribution >= 0.6 is 0 Å². The van der Waals surface area contributed by atoms with Gasteiger partial charge in [0.2, 0.25) is 0 Å². The summed E-state index contributed by atoms with van der Waals surface area (Å²) in [7, 11) is -4.35. The highest BCUT2D eigenvalue weighted by Gasteiger charge is 2.19. The Bertz CT molecular complexity index is 624. The Labute approximate surface area is 128 Å². The van der Waals surface area contributed by atoms with E-state index in [0.717, 1.165) is 0 Å². The van der Waals surface area contributed by atoms with Crippen LogP contribution in [0.2, 0.25) is 0 Å². The van der Waals surface area contributed by atoms with Crippen molar-refractivity contribution >= 4 is 22.1 Å². The maximum atomic E-state index is 11.4. The summed E-state index contributed by atoms with van der Waals surface area (Å²) in [5, 5.41) is -1.51. The van der Waals surface area contributed by atoms with Crippen LogP contribution in [0.1, 0.15) is 25.3 Å². The van der Waals surface area contributed by atoms with Crippen molar-refractivity contribution in [2.75, 3.05) is 0 Å². The Kier molecular flexibility index (Phi) is 6.47. The van der Waals surface area contributed by atoms with Crippen LogP contribution in [0.4, 0.5) is 0 Å². The van der Waals surface area contributed by atoms with E-state index in [4.69, 9.17) is 19.8 Å². The minimum Gasteiger partial charge on any atom is -0.461 e. The second-order valence-electron chi connectivity index (χ2n) is 4.49. The van der Waals surface area contributed by atoms with Crippen molar-refractivity contribution < 1.29 is 32.0 Å². The van der Waals surface area contributed by atoms with Crippen LogP contribution in [0.25, 0.3) is 0 Å². The van der Waals surface area contributed by atoms with E-state index in [0.29, 0.717) is 11.3 Å². The van der Waals surface area contributed by atoms with E-state index < -0.39 is 27.4 Å². The molecule has 0 bridgehead atoms. The van der Waals surface area contributed by atoms with Gasteiger partial charge in [-0.15, -0.1) is 0 Å². The maximum Gasteiger partial charge on any atom is 0.308 e. The van der Waals surface area contributed by atoms with E-state index >= 15 is 0 Å². The highest BCUT2D eigenvalue weighted by atomic mass is 32.2. The number of carbonyl (C=O) groups excluding carboxylic acids is 2. The lowest BCUT2D eigenvalue weighted by atomic mass is 10.2. The standard InChI is InChI=1S/C13H17NO7S/c1-9(15)21-11-4-2-10(3-5-11)8-20-13(16)7-6-12(14)22(17,18)19/h2-5,12H,6-8,14H2,1H3,(H,17,18,19). The van der Waals surface area contributed by atoms with Crippen molar-refractivity contribution in [2.24, 2.45) is 5.73 Å². The van der Waals surface area contributed by atoms with Gasteiger partial charge >= 0.3 is 11.9 Å². The van der Waals surface area contributed by atoms with Crippen molar-refractivity contribution in [3.05, 3.63) is 29.8 Å². The molecule has 0 aliphatic rings. The van der Waals surface area contributed by atoms with Gasteiger partial charge in [0, 0.05) is 13.3 Å². The van der Waals surface area contributed by atoms with Crippen molar-refractivity contribution in [3.63, 3.8) is 0 Å². The van der Waals surface area contributed by atoms with E-state index in [1.807, 2.05) is 0 Å². The second-order valence-corrected chi connectivity index (χ2v) is 6.13. The minimum atomic E-state index is -4.35. The zero-order valence-electron chi connectivity index (χ0n) is 11.9. The van der Waals surface area contributed by atoms with E-state index in [-0.39, 0.29) is 19.4 Å². The highest BCUT2D eigenvalue weighted by molar-refractivity contribution is 7.86. The van der Waals surface area contributed by atoms with Crippen molar-refractivity contribution in [1.82, 2.24) is 0 Å². The van der Waals surface area contributed by atoms with Crippen LogP contribution in [-0.2, 0) is 31.1 Å². The first-order valence-electron chi connectivity index (χ1n) is 6.33. The molecule has 0 saturated heterocycles. The molecule has 1 unspecified atom stereocenters. The molecule has 22 heavy (non-hydrogen) atoms. The van der Waals surface area contributed by atoms with E-state index in [1.54, 1.807) is 24.3 Å². The van der Waals surface area contributed by atoms with Crippen LogP contribution in [0.5, 0.6) is 5.75 Å². The summed E-state index contributed by atoms with van der Waals surface area (Å²) in [4.78, 5) is 22.2. The minimum absolute atomic E-state index is 0.0136. The van der Waals surface area contributed by atoms with Gasteiger partial charge in [0.15, 0.2) is 0 Å². The lowest BCUT2D eigenvalue weighted by Gasteiger charge is -2.08. The number of rotatable bonds is 7. The molecule has 0 aromatic heterocycles. The van der Waals surface area contributed by atoms with Gasteiger partial charge in [0.25, 0.3) is 10.1 Å². The molecule has 0 heterocycles. The predicted molar refractivity (Wildman–Crippen MR) is 76.3 cm³/mol. The third-order valence-electron chi connectivity index (χ3n) is 2.60. The van der Waals surface area contributed by atoms with Gasteiger partial charge in [0.1, 0.15) is 17.7 Å². The number of esters is 2. The van der Waals surface area contributed by atoms with Crippen LogP contribution in [-0.4, -0.2) is 30.3 Å². The number of hydrogen-bond acceptors (Lipinski definition) is 7. The van der Waals surface area contributed by atoms with Crippen LogP contribution in [0.15, 0.2) is 24.3 Å². The molecule has 3 N–H and O–H groups in total. The van der Waals surface area contributed by atoms with Gasteiger partial charge in [-0.3, -0.25) is 14.1 Å². The number of benzene rings is 1. The molecule has 8 nitrogen and oxygen atoms in total. The quantitative estimate of drug-likeness (QED) is 0.422.